The number of hydrogen-bond donors (Lipinski definition) is 1. The van der Waals surface area contributed by atoms with Crippen molar-refractivity contribution in [2.24, 2.45) is 0 Å². The van der Waals surface area contributed by atoms with Crippen LogP contribution in [0.5, 0.6) is 0 Å². The Morgan fingerprint density at radius 3 is 2.54 bits per heavy atom. The summed E-state index contributed by atoms with van der Waals surface area (Å²) in [6, 6.07) is 6.68. The zero-order valence-corrected chi connectivity index (χ0v) is 14.8. The van der Waals surface area contributed by atoms with Gasteiger partial charge in [-0.1, -0.05) is 0 Å². The van der Waals surface area contributed by atoms with Crippen LogP contribution < -0.4 is 5.32 Å². The van der Waals surface area contributed by atoms with Crippen molar-refractivity contribution in [2.45, 2.75) is 48.7 Å². The molecule has 0 spiro atoms. The van der Waals surface area contributed by atoms with E-state index in [1.54, 1.807) is 18.2 Å². The third kappa shape index (κ3) is 2.75. The Labute approximate surface area is 142 Å². The fourth-order valence-electron chi connectivity index (χ4n) is 4.10. The summed E-state index contributed by atoms with van der Waals surface area (Å²) in [4.78, 5) is 11.4. The van der Waals surface area contributed by atoms with Gasteiger partial charge in [-0.15, -0.1) is 0 Å². The quantitative estimate of drug-likeness (QED) is 0.917. The standard InChI is InChI=1S/C17H22N4O2S/c1-21-12-3-4-13(21)8-11(7-12)20-17-15-9-14(24(2,22)23)5-6-16(15)18-10-19-17/h5-6,9-13H,3-4,7-8H2,1-2H3,(H,18,19,20). The first-order valence-corrected chi connectivity index (χ1v) is 10.2. The van der Waals surface area contributed by atoms with Crippen molar-refractivity contribution in [1.29, 1.82) is 0 Å². The Hall–Kier alpha value is -1.73. The van der Waals surface area contributed by atoms with Gasteiger partial charge in [0, 0.05) is 29.8 Å². The fraction of sp³-hybridized carbons (Fsp3) is 0.529. The van der Waals surface area contributed by atoms with Crippen LogP contribution in [0.3, 0.4) is 0 Å². The largest absolute Gasteiger partial charge is 0.367 e. The average molecular weight is 346 g/mol. The van der Waals surface area contributed by atoms with Crippen molar-refractivity contribution in [3.63, 3.8) is 0 Å². The van der Waals surface area contributed by atoms with Crippen molar-refractivity contribution in [1.82, 2.24) is 14.9 Å². The first-order chi connectivity index (χ1) is 11.4. The molecule has 7 heteroatoms. The lowest BCUT2D eigenvalue weighted by atomic mass is 9.98. The molecule has 2 unspecified atom stereocenters. The second-order valence-corrected chi connectivity index (χ2v) is 9.05. The van der Waals surface area contributed by atoms with Gasteiger partial charge in [-0.2, -0.15) is 0 Å². The summed E-state index contributed by atoms with van der Waals surface area (Å²) in [7, 11) is -1.03. The summed E-state index contributed by atoms with van der Waals surface area (Å²) in [6.45, 7) is 0. The van der Waals surface area contributed by atoms with Crippen molar-refractivity contribution in [3.05, 3.63) is 24.5 Å². The Morgan fingerprint density at radius 1 is 1.17 bits per heavy atom. The topological polar surface area (TPSA) is 75.2 Å². The number of sulfone groups is 1. The van der Waals surface area contributed by atoms with Crippen LogP contribution in [-0.4, -0.2) is 54.7 Å². The van der Waals surface area contributed by atoms with Gasteiger partial charge in [0.25, 0.3) is 0 Å². The molecular formula is C17H22N4O2S. The fourth-order valence-corrected chi connectivity index (χ4v) is 4.75. The van der Waals surface area contributed by atoms with Gasteiger partial charge in [0.2, 0.25) is 0 Å². The molecule has 24 heavy (non-hydrogen) atoms. The van der Waals surface area contributed by atoms with Crippen molar-refractivity contribution < 1.29 is 8.42 Å². The first-order valence-electron chi connectivity index (χ1n) is 8.35. The van der Waals surface area contributed by atoms with Gasteiger partial charge in [0.05, 0.1) is 10.4 Å². The minimum absolute atomic E-state index is 0.302. The van der Waals surface area contributed by atoms with E-state index in [0.29, 0.717) is 23.0 Å². The number of anilines is 1. The maximum atomic E-state index is 11.8. The van der Waals surface area contributed by atoms with E-state index >= 15 is 0 Å². The molecule has 2 atom stereocenters. The van der Waals surface area contributed by atoms with Gasteiger partial charge in [0.1, 0.15) is 12.1 Å². The minimum Gasteiger partial charge on any atom is -0.367 e. The monoisotopic (exact) mass is 346 g/mol. The van der Waals surface area contributed by atoms with Crippen LogP contribution in [0, 0.1) is 0 Å². The number of piperidine rings is 1. The lowest BCUT2D eigenvalue weighted by molar-refractivity contribution is 0.169. The van der Waals surface area contributed by atoms with Crippen LogP contribution in [0.25, 0.3) is 10.9 Å². The van der Waals surface area contributed by atoms with Crippen LogP contribution in [0.4, 0.5) is 5.82 Å². The molecule has 2 aromatic rings. The molecule has 2 saturated heterocycles. The minimum atomic E-state index is -3.25. The first kappa shape index (κ1) is 15.8. The molecule has 2 bridgehead atoms. The number of hydrogen-bond acceptors (Lipinski definition) is 6. The highest BCUT2D eigenvalue weighted by atomic mass is 32.2. The lowest BCUT2D eigenvalue weighted by Crippen LogP contribution is -2.44. The summed E-state index contributed by atoms with van der Waals surface area (Å²) in [6.07, 6.45) is 7.49. The molecule has 2 aliphatic rings. The predicted molar refractivity (Wildman–Crippen MR) is 93.9 cm³/mol. The van der Waals surface area contributed by atoms with E-state index in [4.69, 9.17) is 0 Å². The normalized spacial score (nSPS) is 27.5. The van der Waals surface area contributed by atoms with E-state index in [2.05, 4.69) is 27.2 Å². The molecule has 6 nitrogen and oxygen atoms in total. The van der Waals surface area contributed by atoms with Crippen LogP contribution in [0.1, 0.15) is 25.7 Å². The number of fused-ring (bicyclic) bond motifs is 3. The summed E-state index contributed by atoms with van der Waals surface area (Å²) >= 11 is 0. The molecule has 4 rings (SSSR count). The van der Waals surface area contributed by atoms with Gasteiger partial charge in [0.15, 0.2) is 9.84 Å². The predicted octanol–water partition coefficient (Wildman–Crippen LogP) is 2.07. The van der Waals surface area contributed by atoms with Gasteiger partial charge in [-0.05, 0) is 50.9 Å². The molecule has 1 N–H and O–H groups in total. The van der Waals surface area contributed by atoms with Crippen LogP contribution >= 0.6 is 0 Å². The second-order valence-electron chi connectivity index (χ2n) is 7.04. The third-order valence-electron chi connectivity index (χ3n) is 5.47. The lowest BCUT2D eigenvalue weighted by Gasteiger charge is -2.36. The highest BCUT2D eigenvalue weighted by molar-refractivity contribution is 7.90. The van der Waals surface area contributed by atoms with Gasteiger partial charge in [-0.3, -0.25) is 0 Å². The molecule has 0 saturated carbocycles. The Kier molecular flexibility index (Phi) is 3.73. The number of benzene rings is 1. The van der Waals surface area contributed by atoms with Crippen LogP contribution in [0.15, 0.2) is 29.4 Å². The third-order valence-corrected chi connectivity index (χ3v) is 6.58. The summed E-state index contributed by atoms with van der Waals surface area (Å²) in [5.74, 6) is 0.736. The SMILES string of the molecule is CN1C2CCC1CC(Nc1ncnc3ccc(S(C)(=O)=O)cc13)C2. The molecule has 128 valence electrons. The summed E-state index contributed by atoms with van der Waals surface area (Å²) in [5.41, 5.74) is 0.760. The number of nitrogens with zero attached hydrogens (tertiary/aromatic N) is 3. The van der Waals surface area contributed by atoms with E-state index in [-0.39, 0.29) is 0 Å². The van der Waals surface area contributed by atoms with Gasteiger partial charge in [-0.25, -0.2) is 18.4 Å². The molecule has 1 aromatic carbocycles. The zero-order valence-electron chi connectivity index (χ0n) is 13.9. The summed E-state index contributed by atoms with van der Waals surface area (Å²) in [5, 5.41) is 4.32. The smallest absolute Gasteiger partial charge is 0.175 e. The Morgan fingerprint density at radius 2 is 1.88 bits per heavy atom. The van der Waals surface area contributed by atoms with E-state index in [0.717, 1.165) is 29.6 Å². The maximum absolute atomic E-state index is 11.8. The Balaban J connectivity index is 1.67. The zero-order chi connectivity index (χ0) is 16.9. The molecular weight excluding hydrogens is 324 g/mol. The molecule has 0 radical (unpaired) electrons. The summed E-state index contributed by atoms with van der Waals surface area (Å²) < 4.78 is 23.7. The molecule has 3 heterocycles. The van der Waals surface area contributed by atoms with E-state index < -0.39 is 9.84 Å². The highest BCUT2D eigenvalue weighted by Crippen LogP contribution is 2.36. The van der Waals surface area contributed by atoms with Crippen LogP contribution in [0.2, 0.25) is 0 Å². The number of rotatable bonds is 3. The Bertz CT molecular complexity index is 869. The van der Waals surface area contributed by atoms with E-state index in [9.17, 15) is 8.42 Å². The van der Waals surface area contributed by atoms with Gasteiger partial charge < -0.3 is 10.2 Å². The maximum Gasteiger partial charge on any atom is 0.175 e. The average Bonchev–Trinajstić information content (AvgIpc) is 2.75. The molecule has 1 aromatic heterocycles. The number of aromatic nitrogens is 2. The van der Waals surface area contributed by atoms with E-state index in [1.807, 2.05) is 0 Å². The molecule has 2 fully saturated rings. The van der Waals surface area contributed by atoms with Crippen molar-refractivity contribution >= 4 is 26.6 Å². The number of nitrogens with one attached hydrogen (secondary N) is 1. The highest BCUT2D eigenvalue weighted by Gasteiger charge is 2.38. The van der Waals surface area contributed by atoms with Crippen molar-refractivity contribution in [3.8, 4) is 0 Å². The second kappa shape index (κ2) is 5.67. The molecule has 0 amide bonds. The van der Waals surface area contributed by atoms with E-state index in [1.165, 1.54) is 25.4 Å². The van der Waals surface area contributed by atoms with Gasteiger partial charge >= 0.3 is 0 Å². The molecule has 2 aliphatic heterocycles. The molecule has 0 aliphatic carbocycles. The van der Waals surface area contributed by atoms with Crippen molar-refractivity contribution in [2.75, 3.05) is 18.6 Å². The van der Waals surface area contributed by atoms with Crippen LogP contribution in [-0.2, 0) is 9.84 Å².